The van der Waals surface area contributed by atoms with E-state index in [-0.39, 0.29) is 30.3 Å². The summed E-state index contributed by atoms with van der Waals surface area (Å²) in [6.07, 6.45) is 1.49. The van der Waals surface area contributed by atoms with Crippen molar-refractivity contribution in [2.24, 2.45) is 0 Å². The van der Waals surface area contributed by atoms with Crippen LogP contribution in [0.1, 0.15) is 18.4 Å². The van der Waals surface area contributed by atoms with E-state index < -0.39 is 0 Å². The summed E-state index contributed by atoms with van der Waals surface area (Å²) in [5, 5.41) is 8.92. The third-order valence-electron chi connectivity index (χ3n) is 3.70. The molecular weight excluding hydrogens is 306 g/mol. The molecule has 2 amide bonds. The molecule has 1 aromatic carbocycles. The number of ether oxygens (including phenoxy) is 1. The number of anilines is 2. The predicted octanol–water partition coefficient (Wildman–Crippen LogP) is 1.31. The van der Waals surface area contributed by atoms with Crippen molar-refractivity contribution >= 4 is 35.6 Å². The van der Waals surface area contributed by atoms with Crippen molar-refractivity contribution in [1.82, 2.24) is 5.32 Å². The maximum absolute atomic E-state index is 12.0. The van der Waals surface area contributed by atoms with E-state index in [2.05, 4.69) is 16.0 Å². The summed E-state index contributed by atoms with van der Waals surface area (Å²) >= 11 is 0. The van der Waals surface area contributed by atoms with Crippen LogP contribution in [-0.4, -0.2) is 37.6 Å². The van der Waals surface area contributed by atoms with Crippen LogP contribution < -0.4 is 16.0 Å². The van der Waals surface area contributed by atoms with Crippen molar-refractivity contribution in [3.05, 3.63) is 23.8 Å². The van der Waals surface area contributed by atoms with Gasteiger partial charge in [0.15, 0.2) is 0 Å². The van der Waals surface area contributed by atoms with E-state index >= 15 is 0 Å². The molecule has 7 heteroatoms. The third-order valence-corrected chi connectivity index (χ3v) is 3.70. The van der Waals surface area contributed by atoms with Gasteiger partial charge in [0, 0.05) is 30.9 Å². The first-order valence-electron chi connectivity index (χ1n) is 7.25. The van der Waals surface area contributed by atoms with Gasteiger partial charge in [-0.25, -0.2) is 0 Å². The molecule has 0 aromatic heterocycles. The number of hydrogen-bond donors (Lipinski definition) is 3. The Labute approximate surface area is 135 Å². The lowest BCUT2D eigenvalue weighted by atomic mass is 10.0. The lowest BCUT2D eigenvalue weighted by Gasteiger charge is -2.23. The number of halogens is 1. The molecule has 3 rings (SSSR count). The second-order valence-electron chi connectivity index (χ2n) is 5.37. The Balaban J connectivity index is 0.00000176. The first-order chi connectivity index (χ1) is 10.2. The molecule has 1 atom stereocenters. The van der Waals surface area contributed by atoms with Gasteiger partial charge >= 0.3 is 0 Å². The van der Waals surface area contributed by atoms with E-state index in [1.807, 2.05) is 18.2 Å². The predicted molar refractivity (Wildman–Crippen MR) is 86.5 cm³/mol. The van der Waals surface area contributed by atoms with Crippen LogP contribution in [0.15, 0.2) is 18.2 Å². The highest BCUT2D eigenvalue weighted by molar-refractivity contribution is 5.95. The van der Waals surface area contributed by atoms with Crippen LogP contribution in [0.4, 0.5) is 11.4 Å². The zero-order valence-electron chi connectivity index (χ0n) is 12.2. The minimum Gasteiger partial charge on any atom is -0.375 e. The van der Waals surface area contributed by atoms with Crippen molar-refractivity contribution < 1.29 is 14.3 Å². The van der Waals surface area contributed by atoms with Gasteiger partial charge in [-0.15, -0.1) is 12.4 Å². The molecule has 3 N–H and O–H groups in total. The highest BCUT2D eigenvalue weighted by Gasteiger charge is 2.18. The number of carbonyl (C=O) groups is 2. The molecule has 0 spiro atoms. The largest absolute Gasteiger partial charge is 0.375 e. The first-order valence-corrected chi connectivity index (χ1v) is 7.25. The van der Waals surface area contributed by atoms with Crippen LogP contribution in [0.25, 0.3) is 0 Å². The zero-order chi connectivity index (χ0) is 14.7. The van der Waals surface area contributed by atoms with Gasteiger partial charge in [0.25, 0.3) is 0 Å². The fourth-order valence-electron chi connectivity index (χ4n) is 2.63. The number of aryl methyl sites for hydroxylation is 1. The third kappa shape index (κ3) is 4.19. The van der Waals surface area contributed by atoms with Crippen LogP contribution in [0.5, 0.6) is 0 Å². The Morgan fingerprint density at radius 2 is 2.23 bits per heavy atom. The normalized spacial score (nSPS) is 20.4. The lowest BCUT2D eigenvalue weighted by Crippen LogP contribution is -2.40. The van der Waals surface area contributed by atoms with Crippen LogP contribution in [-0.2, 0) is 20.7 Å². The molecular formula is C15H20ClN3O3. The summed E-state index contributed by atoms with van der Waals surface area (Å²) in [5.74, 6) is -0.00951. The number of carbonyl (C=O) groups excluding carboxylic acids is 2. The summed E-state index contributed by atoms with van der Waals surface area (Å²) in [6.45, 7) is 2.20. The van der Waals surface area contributed by atoms with Crippen molar-refractivity contribution in [3.8, 4) is 0 Å². The Kier molecular flexibility index (Phi) is 5.76. The van der Waals surface area contributed by atoms with Crippen molar-refractivity contribution in [1.29, 1.82) is 0 Å². The number of fused-ring (bicyclic) bond motifs is 1. The maximum Gasteiger partial charge on any atom is 0.227 e. The smallest absolute Gasteiger partial charge is 0.227 e. The van der Waals surface area contributed by atoms with Crippen LogP contribution >= 0.6 is 12.4 Å². The average Bonchev–Trinajstić information content (AvgIpc) is 2.48. The summed E-state index contributed by atoms with van der Waals surface area (Å²) in [6, 6.07) is 5.57. The number of hydrogen-bond acceptors (Lipinski definition) is 4. The SMILES string of the molecule is Cl.O=C(CC1CNCCO1)Nc1ccc2c(c1)CCC(=O)N2. The second kappa shape index (κ2) is 7.58. The topological polar surface area (TPSA) is 79.5 Å². The molecule has 0 saturated carbocycles. The monoisotopic (exact) mass is 325 g/mol. The molecule has 1 fully saturated rings. The maximum atomic E-state index is 12.0. The quantitative estimate of drug-likeness (QED) is 0.783. The average molecular weight is 326 g/mol. The lowest BCUT2D eigenvalue weighted by molar-refractivity contribution is -0.119. The Morgan fingerprint density at radius 1 is 1.36 bits per heavy atom. The van der Waals surface area contributed by atoms with E-state index in [0.717, 1.165) is 23.5 Å². The molecule has 0 aliphatic carbocycles. The van der Waals surface area contributed by atoms with Gasteiger partial charge in [0.1, 0.15) is 0 Å². The van der Waals surface area contributed by atoms with Gasteiger partial charge in [0.05, 0.1) is 19.1 Å². The summed E-state index contributed by atoms with van der Waals surface area (Å²) in [5.41, 5.74) is 2.66. The fraction of sp³-hybridized carbons (Fsp3) is 0.467. The summed E-state index contributed by atoms with van der Waals surface area (Å²) < 4.78 is 5.52. The molecule has 120 valence electrons. The first kappa shape index (κ1) is 16.7. The highest BCUT2D eigenvalue weighted by atomic mass is 35.5. The van der Waals surface area contributed by atoms with Gasteiger partial charge in [0.2, 0.25) is 11.8 Å². The molecule has 1 unspecified atom stereocenters. The number of rotatable bonds is 3. The molecule has 6 nitrogen and oxygen atoms in total. The van der Waals surface area contributed by atoms with Gasteiger partial charge in [-0.3, -0.25) is 9.59 Å². The van der Waals surface area contributed by atoms with Gasteiger partial charge in [-0.05, 0) is 30.2 Å². The summed E-state index contributed by atoms with van der Waals surface area (Å²) in [7, 11) is 0. The number of nitrogens with one attached hydrogen (secondary N) is 3. The Hall–Kier alpha value is -1.63. The number of amides is 2. The van der Waals surface area contributed by atoms with Crippen molar-refractivity contribution in [3.63, 3.8) is 0 Å². The fourth-order valence-corrected chi connectivity index (χ4v) is 2.63. The second-order valence-corrected chi connectivity index (χ2v) is 5.37. The van der Waals surface area contributed by atoms with Crippen LogP contribution in [0.2, 0.25) is 0 Å². The molecule has 2 aliphatic rings. The number of benzene rings is 1. The molecule has 2 heterocycles. The van der Waals surface area contributed by atoms with E-state index in [1.54, 1.807) is 0 Å². The van der Waals surface area contributed by atoms with E-state index in [9.17, 15) is 9.59 Å². The Bertz CT molecular complexity index is 559. The molecule has 1 saturated heterocycles. The number of morpholine rings is 1. The van der Waals surface area contributed by atoms with Crippen molar-refractivity contribution in [2.45, 2.75) is 25.4 Å². The molecule has 22 heavy (non-hydrogen) atoms. The van der Waals surface area contributed by atoms with E-state index in [4.69, 9.17) is 4.74 Å². The standard InChI is InChI=1S/C15H19N3O3.ClH/c19-14-4-1-10-7-11(2-3-13(10)18-14)17-15(20)8-12-9-16-5-6-21-12;/h2-3,7,12,16H,1,4-6,8-9H2,(H,17,20)(H,18,19);1H. The zero-order valence-corrected chi connectivity index (χ0v) is 13.0. The highest BCUT2D eigenvalue weighted by Crippen LogP contribution is 2.25. The van der Waals surface area contributed by atoms with Crippen LogP contribution in [0.3, 0.4) is 0 Å². The van der Waals surface area contributed by atoms with Gasteiger partial charge < -0.3 is 20.7 Å². The van der Waals surface area contributed by atoms with Gasteiger partial charge in [-0.1, -0.05) is 0 Å². The van der Waals surface area contributed by atoms with Crippen LogP contribution in [0, 0.1) is 0 Å². The Morgan fingerprint density at radius 3 is 3.00 bits per heavy atom. The molecule has 0 radical (unpaired) electrons. The van der Waals surface area contributed by atoms with Gasteiger partial charge in [-0.2, -0.15) is 0 Å². The van der Waals surface area contributed by atoms with E-state index in [1.165, 1.54) is 0 Å². The minimum absolute atomic E-state index is 0. The minimum atomic E-state index is -0.0596. The van der Waals surface area contributed by atoms with E-state index in [0.29, 0.717) is 32.4 Å². The van der Waals surface area contributed by atoms with Crippen molar-refractivity contribution in [2.75, 3.05) is 30.3 Å². The molecule has 1 aromatic rings. The molecule has 2 aliphatic heterocycles. The summed E-state index contributed by atoms with van der Waals surface area (Å²) in [4.78, 5) is 23.3. The molecule has 0 bridgehead atoms.